The normalized spacial score (nSPS) is 20.2. The smallest absolute Gasteiger partial charge is 0.172 e. The number of carbonyl (C=O) groups is 1. The molecule has 0 amide bonds. The highest BCUT2D eigenvalue weighted by atomic mass is 35.5. The van der Waals surface area contributed by atoms with Gasteiger partial charge in [-0.3, -0.25) is 4.79 Å². The Morgan fingerprint density at radius 3 is 2.93 bits per heavy atom. The van der Waals surface area contributed by atoms with Gasteiger partial charge >= 0.3 is 0 Å². The van der Waals surface area contributed by atoms with E-state index in [9.17, 15) is 4.79 Å². The Labute approximate surface area is 87.8 Å². The molecule has 0 radical (unpaired) electrons. The highest BCUT2D eigenvalue weighted by Crippen LogP contribution is 2.33. The second-order valence-corrected chi connectivity index (χ2v) is 4.11. The van der Waals surface area contributed by atoms with Gasteiger partial charge in [0.25, 0.3) is 0 Å². The summed E-state index contributed by atoms with van der Waals surface area (Å²) in [5, 5.41) is 0.590. The molecule has 1 atom stereocenters. The van der Waals surface area contributed by atoms with E-state index in [0.717, 1.165) is 5.56 Å². The molecule has 0 aliphatic carbocycles. The first-order valence-electron chi connectivity index (χ1n) is 4.56. The molecule has 2 rings (SSSR count). The van der Waals surface area contributed by atoms with Gasteiger partial charge in [-0.1, -0.05) is 18.5 Å². The Morgan fingerprint density at radius 1 is 1.50 bits per heavy atom. The maximum Gasteiger partial charge on any atom is 0.172 e. The lowest BCUT2D eigenvalue weighted by molar-refractivity contribution is 0.0848. The Kier molecular flexibility index (Phi) is 2.23. The molecule has 3 heteroatoms. The van der Waals surface area contributed by atoms with E-state index in [-0.39, 0.29) is 11.7 Å². The van der Waals surface area contributed by atoms with Crippen LogP contribution in [0.15, 0.2) is 12.1 Å². The number of halogens is 1. The van der Waals surface area contributed by atoms with Gasteiger partial charge < -0.3 is 4.74 Å². The molecule has 14 heavy (non-hydrogen) atoms. The zero-order valence-corrected chi connectivity index (χ0v) is 8.89. The van der Waals surface area contributed by atoms with Crippen LogP contribution in [0.3, 0.4) is 0 Å². The third-order valence-electron chi connectivity index (χ3n) is 2.43. The van der Waals surface area contributed by atoms with Gasteiger partial charge in [0.15, 0.2) is 5.78 Å². The minimum absolute atomic E-state index is 0.0691. The summed E-state index contributed by atoms with van der Waals surface area (Å²) in [5.41, 5.74) is 1.54. The first-order valence-corrected chi connectivity index (χ1v) is 4.94. The van der Waals surface area contributed by atoms with Crippen molar-refractivity contribution in [2.24, 2.45) is 5.92 Å². The predicted molar refractivity (Wildman–Crippen MR) is 55.2 cm³/mol. The average Bonchev–Trinajstić information content (AvgIpc) is 2.12. The van der Waals surface area contributed by atoms with Gasteiger partial charge in [0.1, 0.15) is 5.75 Å². The molecule has 0 saturated heterocycles. The molecule has 1 heterocycles. The molecule has 0 bridgehead atoms. The molecule has 0 aromatic heterocycles. The van der Waals surface area contributed by atoms with Crippen molar-refractivity contribution in [1.29, 1.82) is 0 Å². The Morgan fingerprint density at radius 2 is 2.21 bits per heavy atom. The molecular weight excluding hydrogens is 200 g/mol. The van der Waals surface area contributed by atoms with E-state index in [1.165, 1.54) is 0 Å². The van der Waals surface area contributed by atoms with Crippen LogP contribution in [-0.4, -0.2) is 12.4 Å². The van der Waals surface area contributed by atoms with Crippen molar-refractivity contribution in [3.63, 3.8) is 0 Å². The lowest BCUT2D eigenvalue weighted by atomic mass is 9.95. The van der Waals surface area contributed by atoms with Crippen molar-refractivity contribution >= 4 is 17.4 Å². The predicted octanol–water partition coefficient (Wildman–Crippen LogP) is 2.86. The highest BCUT2D eigenvalue weighted by molar-refractivity contribution is 6.31. The standard InChI is InChI=1S/C11H11ClO2/c1-6-3-8(12)4-9-10(13)7(2)5-14-11(6)9/h3-4,7H,5H2,1-2H3. The van der Waals surface area contributed by atoms with E-state index in [1.54, 1.807) is 6.07 Å². The van der Waals surface area contributed by atoms with Crippen LogP contribution >= 0.6 is 11.6 Å². The number of aryl methyl sites for hydroxylation is 1. The molecule has 0 fully saturated rings. The van der Waals surface area contributed by atoms with Gasteiger partial charge in [0.05, 0.1) is 18.1 Å². The molecule has 1 aromatic rings. The van der Waals surface area contributed by atoms with E-state index in [1.807, 2.05) is 19.9 Å². The van der Waals surface area contributed by atoms with Crippen LogP contribution in [0.5, 0.6) is 5.75 Å². The van der Waals surface area contributed by atoms with Crippen molar-refractivity contribution in [3.05, 3.63) is 28.3 Å². The molecule has 1 aliphatic rings. The van der Waals surface area contributed by atoms with E-state index < -0.39 is 0 Å². The number of ketones is 1. The van der Waals surface area contributed by atoms with Crippen LogP contribution in [0.4, 0.5) is 0 Å². The fourth-order valence-corrected chi connectivity index (χ4v) is 1.93. The molecule has 0 N–H and O–H groups in total. The number of ether oxygens (including phenoxy) is 1. The molecular formula is C11H11ClO2. The summed E-state index contributed by atoms with van der Waals surface area (Å²) in [6.45, 7) is 4.23. The molecule has 1 aromatic carbocycles. The lowest BCUT2D eigenvalue weighted by Gasteiger charge is -2.23. The van der Waals surface area contributed by atoms with Gasteiger partial charge in [-0.2, -0.15) is 0 Å². The van der Waals surface area contributed by atoms with E-state index >= 15 is 0 Å². The summed E-state index contributed by atoms with van der Waals surface area (Å²) in [6.07, 6.45) is 0. The van der Waals surface area contributed by atoms with Crippen molar-refractivity contribution < 1.29 is 9.53 Å². The van der Waals surface area contributed by atoms with E-state index in [4.69, 9.17) is 16.3 Å². The number of hydrogen-bond donors (Lipinski definition) is 0. The van der Waals surface area contributed by atoms with Crippen molar-refractivity contribution in [1.82, 2.24) is 0 Å². The monoisotopic (exact) mass is 210 g/mol. The fourth-order valence-electron chi connectivity index (χ4n) is 1.65. The maximum absolute atomic E-state index is 11.8. The number of carbonyl (C=O) groups excluding carboxylic acids is 1. The molecule has 1 unspecified atom stereocenters. The number of hydrogen-bond acceptors (Lipinski definition) is 2. The highest BCUT2D eigenvalue weighted by Gasteiger charge is 2.26. The van der Waals surface area contributed by atoms with Gasteiger partial charge in [-0.15, -0.1) is 0 Å². The zero-order chi connectivity index (χ0) is 10.3. The summed E-state index contributed by atoms with van der Waals surface area (Å²) < 4.78 is 5.51. The summed E-state index contributed by atoms with van der Waals surface area (Å²) >= 11 is 5.89. The second-order valence-electron chi connectivity index (χ2n) is 3.68. The first-order chi connectivity index (χ1) is 6.59. The third kappa shape index (κ3) is 1.40. The second kappa shape index (κ2) is 3.28. The Hall–Kier alpha value is -1.02. The van der Waals surface area contributed by atoms with Crippen molar-refractivity contribution in [2.45, 2.75) is 13.8 Å². The van der Waals surface area contributed by atoms with E-state index in [0.29, 0.717) is 22.9 Å². The molecule has 0 spiro atoms. The van der Waals surface area contributed by atoms with Gasteiger partial charge in [-0.25, -0.2) is 0 Å². The number of benzene rings is 1. The molecule has 0 saturated carbocycles. The van der Waals surface area contributed by atoms with Crippen LogP contribution in [0.2, 0.25) is 5.02 Å². The maximum atomic E-state index is 11.8. The van der Waals surface area contributed by atoms with Crippen LogP contribution < -0.4 is 4.74 Å². The van der Waals surface area contributed by atoms with Crippen LogP contribution in [0.25, 0.3) is 0 Å². The van der Waals surface area contributed by atoms with Crippen LogP contribution in [0.1, 0.15) is 22.8 Å². The molecule has 74 valence electrons. The minimum Gasteiger partial charge on any atom is -0.492 e. The summed E-state index contributed by atoms with van der Waals surface area (Å²) in [7, 11) is 0. The van der Waals surface area contributed by atoms with E-state index in [2.05, 4.69) is 0 Å². The lowest BCUT2D eigenvalue weighted by Crippen LogP contribution is -2.25. The number of rotatable bonds is 0. The molecule has 1 aliphatic heterocycles. The molecule has 2 nitrogen and oxygen atoms in total. The summed E-state index contributed by atoms with van der Waals surface area (Å²) in [5.74, 6) is 0.745. The van der Waals surface area contributed by atoms with Crippen molar-refractivity contribution in [3.8, 4) is 5.75 Å². The van der Waals surface area contributed by atoms with Gasteiger partial charge in [0, 0.05) is 5.02 Å². The van der Waals surface area contributed by atoms with Crippen LogP contribution in [0, 0.1) is 12.8 Å². The zero-order valence-electron chi connectivity index (χ0n) is 8.13. The fraction of sp³-hybridized carbons (Fsp3) is 0.364. The summed E-state index contributed by atoms with van der Waals surface area (Å²) in [6, 6.07) is 3.49. The summed E-state index contributed by atoms with van der Waals surface area (Å²) in [4.78, 5) is 11.8. The Bertz CT molecular complexity index is 399. The third-order valence-corrected chi connectivity index (χ3v) is 2.65. The van der Waals surface area contributed by atoms with Gasteiger partial charge in [-0.05, 0) is 24.6 Å². The largest absolute Gasteiger partial charge is 0.492 e. The quantitative estimate of drug-likeness (QED) is 0.658. The van der Waals surface area contributed by atoms with Crippen LogP contribution in [-0.2, 0) is 0 Å². The SMILES string of the molecule is Cc1cc(Cl)cc2c1OCC(C)C2=O. The van der Waals surface area contributed by atoms with Gasteiger partial charge in [0.2, 0.25) is 0 Å². The first kappa shape index (κ1) is 9.53. The number of Topliss-reactive ketones (excluding diaryl/α,β-unsaturated/α-hetero) is 1. The average molecular weight is 211 g/mol. The van der Waals surface area contributed by atoms with Crippen molar-refractivity contribution in [2.75, 3.05) is 6.61 Å². The number of fused-ring (bicyclic) bond motifs is 1. The minimum atomic E-state index is -0.0691. The topological polar surface area (TPSA) is 26.3 Å². The Balaban J connectivity index is 2.60.